The molecule has 0 radical (unpaired) electrons. The molecule has 3 aromatic carbocycles. The Balaban J connectivity index is 1.20. The Morgan fingerprint density at radius 3 is 2.66 bits per heavy atom. The van der Waals surface area contributed by atoms with Gasteiger partial charge in [0.15, 0.2) is 0 Å². The number of anilines is 2. The number of piperazine rings is 1. The molecule has 0 saturated carbocycles. The Kier molecular flexibility index (Phi) is 8.53. The van der Waals surface area contributed by atoms with Crippen LogP contribution in [0.1, 0.15) is 12.0 Å². The molecule has 38 heavy (non-hydrogen) atoms. The lowest BCUT2D eigenvalue weighted by Crippen LogP contribution is -2.44. The largest absolute Gasteiger partial charge is 0.494 e. The molecule has 0 spiro atoms. The monoisotopic (exact) mass is 535 g/mol. The van der Waals surface area contributed by atoms with Crippen LogP contribution in [0.25, 0.3) is 10.9 Å². The van der Waals surface area contributed by atoms with Gasteiger partial charge in [0.05, 0.1) is 17.1 Å². The van der Waals surface area contributed by atoms with Crippen LogP contribution >= 0.6 is 11.6 Å². The number of ether oxygens (including phenoxy) is 2. The molecule has 1 N–H and O–H groups in total. The van der Waals surface area contributed by atoms with Gasteiger partial charge in [-0.15, -0.1) is 0 Å². The lowest BCUT2D eigenvalue weighted by molar-refractivity contribution is 0.145. The summed E-state index contributed by atoms with van der Waals surface area (Å²) in [6.07, 6.45) is 2.50. The van der Waals surface area contributed by atoms with E-state index in [2.05, 4.69) is 32.1 Å². The highest BCUT2D eigenvalue weighted by atomic mass is 35.5. The first-order chi connectivity index (χ1) is 18.5. The molecule has 1 saturated heterocycles. The summed E-state index contributed by atoms with van der Waals surface area (Å²) in [4.78, 5) is 13.7. The molecule has 4 aromatic rings. The van der Waals surface area contributed by atoms with Crippen LogP contribution in [-0.2, 0) is 6.61 Å². The Bertz CT molecular complexity index is 1380. The Labute approximate surface area is 227 Å². The fourth-order valence-corrected chi connectivity index (χ4v) is 4.63. The number of nitrogens with one attached hydrogen (secondary N) is 1. The Hall–Kier alpha value is -3.46. The summed E-state index contributed by atoms with van der Waals surface area (Å²) >= 11 is 6.47. The van der Waals surface area contributed by atoms with Crippen molar-refractivity contribution in [2.45, 2.75) is 13.0 Å². The van der Waals surface area contributed by atoms with Crippen LogP contribution in [0.3, 0.4) is 0 Å². The average molecular weight is 536 g/mol. The average Bonchev–Trinajstić information content (AvgIpc) is 2.92. The van der Waals surface area contributed by atoms with Crippen LogP contribution in [0.5, 0.6) is 11.5 Å². The minimum Gasteiger partial charge on any atom is -0.494 e. The van der Waals surface area contributed by atoms with Crippen LogP contribution < -0.4 is 14.8 Å². The number of benzene rings is 3. The van der Waals surface area contributed by atoms with E-state index in [0.29, 0.717) is 23.2 Å². The minimum absolute atomic E-state index is 0.221. The topological polar surface area (TPSA) is 62.8 Å². The summed E-state index contributed by atoms with van der Waals surface area (Å²) in [6, 6.07) is 17.6. The van der Waals surface area contributed by atoms with Crippen LogP contribution in [-0.4, -0.2) is 66.1 Å². The molecule has 1 fully saturated rings. The van der Waals surface area contributed by atoms with Gasteiger partial charge in [-0.2, -0.15) is 0 Å². The van der Waals surface area contributed by atoms with E-state index in [-0.39, 0.29) is 12.4 Å². The summed E-state index contributed by atoms with van der Waals surface area (Å²) in [6.45, 7) is 6.39. The zero-order valence-electron chi connectivity index (χ0n) is 21.4. The van der Waals surface area contributed by atoms with Crippen LogP contribution in [0.2, 0.25) is 5.02 Å². The number of rotatable bonds is 10. The van der Waals surface area contributed by atoms with Crippen molar-refractivity contribution in [1.29, 1.82) is 0 Å². The van der Waals surface area contributed by atoms with Crippen molar-refractivity contribution in [2.24, 2.45) is 0 Å². The first-order valence-corrected chi connectivity index (χ1v) is 13.1. The van der Waals surface area contributed by atoms with Gasteiger partial charge in [0, 0.05) is 43.8 Å². The van der Waals surface area contributed by atoms with E-state index < -0.39 is 0 Å². The van der Waals surface area contributed by atoms with E-state index in [1.807, 2.05) is 24.3 Å². The van der Waals surface area contributed by atoms with Gasteiger partial charge in [-0.3, -0.25) is 0 Å². The summed E-state index contributed by atoms with van der Waals surface area (Å²) in [7, 11) is 2.17. The van der Waals surface area contributed by atoms with Crippen molar-refractivity contribution >= 4 is 34.0 Å². The summed E-state index contributed by atoms with van der Waals surface area (Å²) < 4.78 is 25.3. The molecule has 0 bridgehead atoms. The maximum Gasteiger partial charge on any atom is 0.141 e. The molecule has 0 aliphatic carbocycles. The number of hydrogen-bond acceptors (Lipinski definition) is 7. The van der Waals surface area contributed by atoms with E-state index >= 15 is 0 Å². The van der Waals surface area contributed by atoms with E-state index in [9.17, 15) is 4.39 Å². The number of fused-ring (bicyclic) bond motifs is 1. The summed E-state index contributed by atoms with van der Waals surface area (Å²) in [5.41, 5.74) is 2.30. The van der Waals surface area contributed by atoms with Crippen molar-refractivity contribution in [3.8, 4) is 11.5 Å². The van der Waals surface area contributed by atoms with Gasteiger partial charge in [-0.1, -0.05) is 23.7 Å². The van der Waals surface area contributed by atoms with E-state index in [0.717, 1.165) is 67.0 Å². The molecule has 1 aliphatic heterocycles. The third-order valence-electron chi connectivity index (χ3n) is 6.57. The molecule has 1 aromatic heterocycles. The smallest absolute Gasteiger partial charge is 0.141 e. The number of hydrogen-bond donors (Lipinski definition) is 1. The normalized spacial score (nSPS) is 14.5. The number of likely N-dealkylation sites (N-methyl/N-ethyl adjacent to an activating group) is 1. The molecule has 9 heteroatoms. The standard InChI is InChI=1S/C29H31ClFN5O2/c1-35-11-13-36(14-12-35)10-3-15-37-24-7-8-27-25(18-24)29(33-20-32-27)34-23-6-9-28(26(30)17-23)38-19-21-4-2-5-22(31)16-21/h2,4-9,16-18,20H,3,10-15,19H2,1H3,(H,32,33,34). The number of nitrogens with zero attached hydrogens (tertiary/aromatic N) is 4. The highest BCUT2D eigenvalue weighted by molar-refractivity contribution is 6.32. The molecule has 0 amide bonds. The quantitative estimate of drug-likeness (QED) is 0.259. The van der Waals surface area contributed by atoms with Crippen molar-refractivity contribution in [3.05, 3.63) is 83.4 Å². The van der Waals surface area contributed by atoms with Crippen molar-refractivity contribution in [2.75, 3.05) is 51.7 Å². The van der Waals surface area contributed by atoms with Crippen LogP contribution in [0.4, 0.5) is 15.9 Å². The van der Waals surface area contributed by atoms with Gasteiger partial charge in [0.2, 0.25) is 0 Å². The third kappa shape index (κ3) is 6.89. The molecular weight excluding hydrogens is 505 g/mol. The first-order valence-electron chi connectivity index (χ1n) is 12.8. The van der Waals surface area contributed by atoms with Crippen molar-refractivity contribution in [3.63, 3.8) is 0 Å². The first kappa shape index (κ1) is 26.2. The molecule has 1 aliphatic rings. The number of halogens is 2. The molecule has 2 heterocycles. The minimum atomic E-state index is -0.298. The summed E-state index contributed by atoms with van der Waals surface area (Å²) in [5.74, 6) is 1.66. The highest BCUT2D eigenvalue weighted by Crippen LogP contribution is 2.32. The van der Waals surface area contributed by atoms with Crippen LogP contribution in [0, 0.1) is 5.82 Å². The third-order valence-corrected chi connectivity index (χ3v) is 6.86. The Morgan fingerprint density at radius 1 is 0.974 bits per heavy atom. The van der Waals surface area contributed by atoms with Gasteiger partial charge >= 0.3 is 0 Å². The lowest BCUT2D eigenvalue weighted by atomic mass is 10.2. The Morgan fingerprint density at radius 2 is 1.84 bits per heavy atom. The lowest BCUT2D eigenvalue weighted by Gasteiger charge is -2.32. The summed E-state index contributed by atoms with van der Waals surface area (Å²) in [5, 5.41) is 4.62. The predicted octanol–water partition coefficient (Wildman–Crippen LogP) is 5.76. The zero-order valence-corrected chi connectivity index (χ0v) is 22.1. The molecule has 0 unspecified atom stereocenters. The second-order valence-corrected chi connectivity index (χ2v) is 9.84. The SMILES string of the molecule is CN1CCN(CCCOc2ccc3ncnc(Nc4ccc(OCc5cccc(F)c5)c(Cl)c4)c3c2)CC1. The van der Waals surface area contributed by atoms with Gasteiger partial charge in [0.1, 0.15) is 36.1 Å². The maximum atomic E-state index is 13.4. The van der Waals surface area contributed by atoms with Gasteiger partial charge < -0.3 is 24.6 Å². The van der Waals surface area contributed by atoms with Gasteiger partial charge in [-0.25, -0.2) is 14.4 Å². The van der Waals surface area contributed by atoms with E-state index in [1.165, 1.54) is 18.5 Å². The second-order valence-electron chi connectivity index (χ2n) is 9.44. The second kappa shape index (κ2) is 12.4. The molecule has 5 rings (SSSR count). The van der Waals surface area contributed by atoms with Gasteiger partial charge in [0.25, 0.3) is 0 Å². The molecule has 198 valence electrons. The van der Waals surface area contributed by atoms with Crippen molar-refractivity contribution in [1.82, 2.24) is 19.8 Å². The molecular formula is C29H31ClFN5O2. The van der Waals surface area contributed by atoms with Crippen LogP contribution in [0.15, 0.2) is 67.0 Å². The fraction of sp³-hybridized carbons (Fsp3) is 0.310. The maximum absolute atomic E-state index is 13.4. The number of aromatic nitrogens is 2. The van der Waals surface area contributed by atoms with Crippen molar-refractivity contribution < 1.29 is 13.9 Å². The van der Waals surface area contributed by atoms with E-state index in [1.54, 1.807) is 24.3 Å². The molecule has 0 atom stereocenters. The predicted molar refractivity (Wildman–Crippen MR) is 149 cm³/mol. The zero-order chi connectivity index (χ0) is 26.3. The highest BCUT2D eigenvalue weighted by Gasteiger charge is 2.13. The molecule has 7 nitrogen and oxygen atoms in total. The fourth-order valence-electron chi connectivity index (χ4n) is 4.39. The van der Waals surface area contributed by atoms with Gasteiger partial charge in [-0.05, 0) is 67.6 Å². The van der Waals surface area contributed by atoms with E-state index in [4.69, 9.17) is 21.1 Å².